The number of benzene rings is 3. The van der Waals surface area contributed by atoms with Gasteiger partial charge in [0.15, 0.2) is 0 Å². The highest BCUT2D eigenvalue weighted by atomic mass is 16.3. The van der Waals surface area contributed by atoms with Crippen molar-refractivity contribution in [2.45, 2.75) is 39.8 Å². The number of aromatic nitrogens is 2. The van der Waals surface area contributed by atoms with Crippen molar-refractivity contribution in [3.63, 3.8) is 0 Å². The number of aryl methyl sites for hydroxylation is 2. The number of hydrogen-bond donors (Lipinski definition) is 0. The quantitative estimate of drug-likeness (QED) is 0.270. The van der Waals surface area contributed by atoms with E-state index in [-0.39, 0.29) is 18.0 Å². The number of nitrogens with zero attached hydrogens (tertiary/aromatic N) is 3. The predicted molar refractivity (Wildman–Crippen MR) is 145 cm³/mol. The molecular formula is C31H29N3O3. The van der Waals surface area contributed by atoms with Gasteiger partial charge in [-0.2, -0.15) is 0 Å². The van der Waals surface area contributed by atoms with E-state index in [1.807, 2.05) is 86.6 Å². The summed E-state index contributed by atoms with van der Waals surface area (Å²) in [5.41, 5.74) is 3.89. The zero-order chi connectivity index (χ0) is 25.9. The van der Waals surface area contributed by atoms with E-state index in [0.717, 1.165) is 17.5 Å². The zero-order valence-electron chi connectivity index (χ0n) is 21.2. The van der Waals surface area contributed by atoms with Crippen LogP contribution < -0.4 is 5.56 Å². The molecule has 0 aliphatic heterocycles. The Balaban J connectivity index is 1.68. The molecule has 2 heterocycles. The van der Waals surface area contributed by atoms with Gasteiger partial charge in [0.2, 0.25) is 0 Å². The lowest BCUT2D eigenvalue weighted by Gasteiger charge is -2.30. The predicted octanol–water partition coefficient (Wildman–Crippen LogP) is 6.25. The molecule has 5 rings (SSSR count). The molecule has 37 heavy (non-hydrogen) atoms. The summed E-state index contributed by atoms with van der Waals surface area (Å²) in [6.45, 7) is 6.21. The van der Waals surface area contributed by atoms with Crippen molar-refractivity contribution in [2.75, 3.05) is 0 Å². The first-order valence-electron chi connectivity index (χ1n) is 12.5. The van der Waals surface area contributed by atoms with Gasteiger partial charge in [-0.15, -0.1) is 0 Å². The van der Waals surface area contributed by atoms with Gasteiger partial charge in [-0.1, -0.05) is 43.3 Å². The first-order valence-corrected chi connectivity index (χ1v) is 12.5. The van der Waals surface area contributed by atoms with Crippen LogP contribution in [0.3, 0.4) is 0 Å². The maximum absolute atomic E-state index is 13.9. The fourth-order valence-electron chi connectivity index (χ4n) is 4.59. The Labute approximate surface area is 215 Å². The lowest BCUT2D eigenvalue weighted by atomic mass is 10.1. The van der Waals surface area contributed by atoms with Crippen LogP contribution in [-0.4, -0.2) is 20.4 Å². The van der Waals surface area contributed by atoms with E-state index >= 15 is 0 Å². The molecular weight excluding hydrogens is 462 g/mol. The molecule has 3 aromatic carbocycles. The van der Waals surface area contributed by atoms with Gasteiger partial charge in [0.1, 0.15) is 11.6 Å². The molecule has 0 aliphatic rings. The molecule has 186 valence electrons. The number of hydrogen-bond acceptors (Lipinski definition) is 4. The first kappa shape index (κ1) is 24.3. The Kier molecular flexibility index (Phi) is 6.73. The summed E-state index contributed by atoms with van der Waals surface area (Å²) >= 11 is 0. The molecule has 5 aromatic rings. The zero-order valence-corrected chi connectivity index (χ0v) is 21.2. The van der Waals surface area contributed by atoms with Gasteiger partial charge < -0.3 is 9.32 Å². The smallest absolute Gasteiger partial charge is 0.266 e. The number of carbonyl (C=O) groups is 1. The second-order valence-corrected chi connectivity index (χ2v) is 9.21. The lowest BCUT2D eigenvalue weighted by Crippen LogP contribution is -2.37. The van der Waals surface area contributed by atoms with Crippen molar-refractivity contribution in [3.8, 4) is 5.69 Å². The largest absolute Gasteiger partial charge is 0.467 e. The monoisotopic (exact) mass is 491 g/mol. The summed E-state index contributed by atoms with van der Waals surface area (Å²) < 4.78 is 7.24. The third kappa shape index (κ3) is 4.83. The number of furan rings is 1. The van der Waals surface area contributed by atoms with Crippen LogP contribution in [-0.2, 0) is 13.0 Å². The van der Waals surface area contributed by atoms with Gasteiger partial charge >= 0.3 is 0 Å². The van der Waals surface area contributed by atoms with Crippen LogP contribution in [0.2, 0.25) is 0 Å². The van der Waals surface area contributed by atoms with Crippen molar-refractivity contribution in [2.24, 2.45) is 0 Å². The Bertz CT molecular complexity index is 1600. The molecule has 0 saturated carbocycles. The Morgan fingerprint density at radius 3 is 2.49 bits per heavy atom. The summed E-state index contributed by atoms with van der Waals surface area (Å²) in [5.74, 6) is 0.972. The van der Waals surface area contributed by atoms with Crippen LogP contribution in [0.15, 0.2) is 100 Å². The van der Waals surface area contributed by atoms with Crippen molar-refractivity contribution in [3.05, 3.63) is 130 Å². The second-order valence-electron chi connectivity index (χ2n) is 9.21. The highest BCUT2D eigenvalue weighted by Gasteiger charge is 2.28. The van der Waals surface area contributed by atoms with Crippen LogP contribution in [0.25, 0.3) is 16.6 Å². The number of para-hydroxylation sites is 1. The van der Waals surface area contributed by atoms with Gasteiger partial charge in [-0.25, -0.2) is 4.98 Å². The third-order valence-electron chi connectivity index (χ3n) is 6.68. The Morgan fingerprint density at radius 2 is 1.78 bits per heavy atom. The average Bonchev–Trinajstić information content (AvgIpc) is 3.44. The molecule has 0 aliphatic carbocycles. The normalized spacial score (nSPS) is 12.0. The van der Waals surface area contributed by atoms with Crippen molar-refractivity contribution in [1.82, 2.24) is 14.5 Å². The van der Waals surface area contributed by atoms with Crippen molar-refractivity contribution >= 4 is 16.8 Å². The summed E-state index contributed by atoms with van der Waals surface area (Å²) in [7, 11) is 0. The van der Waals surface area contributed by atoms with Gasteiger partial charge in [0, 0.05) is 5.56 Å². The summed E-state index contributed by atoms with van der Waals surface area (Å²) in [6, 6.07) is 25.8. The summed E-state index contributed by atoms with van der Waals surface area (Å²) in [4.78, 5) is 34.4. The van der Waals surface area contributed by atoms with Gasteiger partial charge in [0.25, 0.3) is 11.5 Å². The first-order chi connectivity index (χ1) is 18.0. The molecule has 0 bridgehead atoms. The van der Waals surface area contributed by atoms with Crippen LogP contribution in [0.1, 0.15) is 53.0 Å². The Morgan fingerprint density at radius 1 is 1.00 bits per heavy atom. The molecule has 0 N–H and O–H groups in total. The van der Waals surface area contributed by atoms with Crippen LogP contribution >= 0.6 is 0 Å². The SMILES string of the molecule is CCc1ccc(C(=O)N(Cc2ccco2)C(C)c2nc3ccccc3c(=O)n2-c2cccc(C)c2)cc1. The maximum atomic E-state index is 13.9. The molecule has 1 amide bonds. The van der Waals surface area contributed by atoms with E-state index in [1.54, 1.807) is 27.9 Å². The fourth-order valence-corrected chi connectivity index (χ4v) is 4.59. The lowest BCUT2D eigenvalue weighted by molar-refractivity contribution is 0.0648. The number of carbonyl (C=O) groups excluding carboxylic acids is 1. The average molecular weight is 492 g/mol. The number of rotatable bonds is 7. The fraction of sp³-hybridized carbons (Fsp3) is 0.194. The molecule has 6 nitrogen and oxygen atoms in total. The molecule has 0 radical (unpaired) electrons. The van der Waals surface area contributed by atoms with Crippen molar-refractivity contribution < 1.29 is 9.21 Å². The highest BCUT2D eigenvalue weighted by molar-refractivity contribution is 5.94. The van der Waals surface area contributed by atoms with E-state index < -0.39 is 6.04 Å². The highest BCUT2D eigenvalue weighted by Crippen LogP contribution is 2.27. The minimum atomic E-state index is -0.540. The minimum Gasteiger partial charge on any atom is -0.467 e. The molecule has 6 heteroatoms. The van der Waals surface area contributed by atoms with Crippen LogP contribution in [0.5, 0.6) is 0 Å². The molecule has 0 spiro atoms. The molecule has 0 fully saturated rings. The number of amides is 1. The maximum Gasteiger partial charge on any atom is 0.266 e. The summed E-state index contributed by atoms with van der Waals surface area (Å²) in [5, 5.41) is 0.527. The van der Waals surface area contributed by atoms with E-state index in [1.165, 1.54) is 0 Å². The second kappa shape index (κ2) is 10.3. The standard InChI is InChI=1S/C31H29N3O3/c1-4-23-14-16-24(17-15-23)30(35)33(20-26-11-8-18-37-26)22(3)29-32-28-13-6-5-12-27(28)31(36)34(29)25-10-7-9-21(2)19-25/h5-19,22H,4,20H2,1-3H3. The Hall–Kier alpha value is -4.45. The van der Waals surface area contributed by atoms with E-state index in [2.05, 4.69) is 6.92 Å². The van der Waals surface area contributed by atoms with Crippen LogP contribution in [0.4, 0.5) is 0 Å². The molecule has 0 saturated heterocycles. The van der Waals surface area contributed by atoms with Crippen molar-refractivity contribution in [1.29, 1.82) is 0 Å². The molecule has 2 aromatic heterocycles. The summed E-state index contributed by atoms with van der Waals surface area (Å²) in [6.07, 6.45) is 2.49. The van der Waals surface area contributed by atoms with Gasteiger partial charge in [-0.05, 0) is 79.9 Å². The third-order valence-corrected chi connectivity index (χ3v) is 6.68. The topological polar surface area (TPSA) is 68.3 Å². The number of fused-ring (bicyclic) bond motifs is 1. The van der Waals surface area contributed by atoms with Gasteiger partial charge in [-0.3, -0.25) is 14.2 Å². The van der Waals surface area contributed by atoms with Gasteiger partial charge in [0.05, 0.1) is 35.4 Å². The van der Waals surface area contributed by atoms with Crippen LogP contribution in [0, 0.1) is 6.92 Å². The molecule has 1 unspecified atom stereocenters. The van der Waals surface area contributed by atoms with E-state index in [0.29, 0.717) is 33.7 Å². The molecule has 1 atom stereocenters. The minimum absolute atomic E-state index is 0.162. The van der Waals surface area contributed by atoms with E-state index in [9.17, 15) is 9.59 Å². The van der Waals surface area contributed by atoms with E-state index in [4.69, 9.17) is 9.40 Å².